The van der Waals surface area contributed by atoms with Crippen LogP contribution in [-0.4, -0.2) is 37.7 Å². The number of nitrogens with one attached hydrogen (secondary N) is 1. The van der Waals surface area contributed by atoms with E-state index in [0.717, 1.165) is 7.11 Å². The van der Waals surface area contributed by atoms with Crippen LogP contribution in [0.3, 0.4) is 0 Å². The first-order valence-electron chi connectivity index (χ1n) is 8.65. The predicted octanol–water partition coefficient (Wildman–Crippen LogP) is 6.04. The van der Waals surface area contributed by atoms with Crippen LogP contribution in [0, 0.1) is 7.43 Å². The Morgan fingerprint density at radius 2 is 1.07 bits per heavy atom. The molecule has 156 valence electrons. The smallest absolute Gasteiger partial charge is 0.0771 e. The van der Waals surface area contributed by atoms with E-state index in [4.69, 9.17) is 15.6 Å². The zero-order valence-corrected chi connectivity index (χ0v) is 23.0. The molecule has 0 bridgehead atoms. The van der Waals surface area contributed by atoms with Gasteiger partial charge in [0.1, 0.15) is 0 Å². The summed E-state index contributed by atoms with van der Waals surface area (Å²) in [4.78, 5) is 8.66. The molecule has 0 amide bonds. The van der Waals surface area contributed by atoms with Crippen molar-refractivity contribution in [2.24, 2.45) is 0 Å². The Labute approximate surface area is 190 Å². The fourth-order valence-electron chi connectivity index (χ4n) is 1.90. The monoisotopic (exact) mass is 492 g/mol. The van der Waals surface area contributed by atoms with E-state index in [0.29, 0.717) is 0 Å². The van der Waals surface area contributed by atoms with Gasteiger partial charge in [0.05, 0.1) is 0 Å². The largest absolute Gasteiger partial charge is 0.126 e. The third kappa shape index (κ3) is 17.6. The average molecular weight is 494 g/mol. The van der Waals surface area contributed by atoms with Crippen LogP contribution in [0.25, 0.3) is 27.3 Å². The van der Waals surface area contributed by atoms with Crippen LogP contribution in [0.5, 0.6) is 0 Å². The Morgan fingerprint density at radius 1 is 0.857 bits per heavy atom. The van der Waals surface area contributed by atoms with Crippen molar-refractivity contribution in [3.05, 3.63) is 67.8 Å². The van der Waals surface area contributed by atoms with Crippen molar-refractivity contribution >= 4 is 36.7 Å². The van der Waals surface area contributed by atoms with E-state index < -0.39 is 8.32 Å². The molecule has 6 heteroatoms. The van der Waals surface area contributed by atoms with E-state index in [2.05, 4.69) is 61.5 Å². The molecule has 0 fully saturated rings. The molecule has 0 saturated carbocycles. The summed E-state index contributed by atoms with van der Waals surface area (Å²) in [5.74, 6) is 0. The molecule has 0 saturated heterocycles. The van der Waals surface area contributed by atoms with Crippen LogP contribution < -0.4 is 0 Å². The molecular formula is C22H36NO2Si2Zr-3. The molecule has 0 aliphatic carbocycles. The third-order valence-corrected chi connectivity index (χ3v) is 2.52. The van der Waals surface area contributed by atoms with E-state index >= 15 is 0 Å². The number of hydrogen-bond donors (Lipinski definition) is 2. The summed E-state index contributed by atoms with van der Waals surface area (Å²) in [6.07, 6.45) is 0. The van der Waals surface area contributed by atoms with Gasteiger partial charge in [0, 0.05) is 7.11 Å². The van der Waals surface area contributed by atoms with E-state index in [-0.39, 0.29) is 13.0 Å². The zero-order valence-electron chi connectivity index (χ0n) is 18.6. The van der Waals surface area contributed by atoms with Crippen LogP contribution in [0.2, 0.25) is 19.6 Å². The van der Waals surface area contributed by atoms with Gasteiger partial charge in [0.15, 0.2) is 8.32 Å². The Bertz CT molecular complexity index is 688. The minimum Gasteiger partial charge on any atom is -0.126 e. The molecule has 0 atom stereocenters. The van der Waals surface area contributed by atoms with Crippen molar-refractivity contribution in [3.8, 4) is 0 Å². The minimum atomic E-state index is -1.61. The summed E-state index contributed by atoms with van der Waals surface area (Å²) in [6.45, 7) is 14.3. The quantitative estimate of drug-likeness (QED) is 0.296. The Morgan fingerprint density at radius 3 is 1.32 bits per heavy atom. The molecule has 28 heavy (non-hydrogen) atoms. The first kappa shape index (κ1) is 32.2. The van der Waals surface area contributed by atoms with Gasteiger partial charge in [-0.25, -0.2) is 0 Å². The molecule has 0 aromatic heterocycles. The fraction of sp³-hybridized carbons (Fsp3) is 0.364. The van der Waals surface area contributed by atoms with Crippen LogP contribution >= 0.6 is 0 Å². The van der Waals surface area contributed by atoms with Crippen molar-refractivity contribution in [1.29, 1.82) is 0 Å². The number of rotatable bonds is 0. The van der Waals surface area contributed by atoms with E-state index in [1.54, 1.807) is 0 Å². The van der Waals surface area contributed by atoms with Crippen molar-refractivity contribution in [2.45, 2.75) is 46.0 Å². The molecule has 0 aliphatic heterocycles. The molecule has 2 radical (unpaired) electrons. The average Bonchev–Trinajstić information content (AvgIpc) is 2.94. The topological polar surface area (TPSA) is 64.3 Å². The molecule has 3 N–H and O–H groups in total. The number of aliphatic hydroxyl groups excluding tert-OH is 1. The number of benzene rings is 2. The molecule has 3 rings (SSSR count). The summed E-state index contributed by atoms with van der Waals surface area (Å²) in [7, 11) is -0.611. The van der Waals surface area contributed by atoms with E-state index in [9.17, 15) is 0 Å². The van der Waals surface area contributed by atoms with Crippen LogP contribution in [-0.2, 0) is 23.3 Å². The molecular weight excluding hydrogens is 458 g/mol. The maximum Gasteiger partial charge on any atom is -0.0771 e. The van der Waals surface area contributed by atoms with Crippen molar-refractivity contribution in [2.75, 3.05) is 7.11 Å². The summed E-state index contributed by atoms with van der Waals surface area (Å²) in [5.41, 5.74) is 6.69. The summed E-state index contributed by atoms with van der Waals surface area (Å²) in [6, 6.07) is 19.3. The van der Waals surface area contributed by atoms with Crippen LogP contribution in [0.15, 0.2) is 54.6 Å². The van der Waals surface area contributed by atoms with Gasteiger partial charge in [0.2, 0.25) is 0 Å². The Balaban J connectivity index is -0.000000356. The maximum absolute atomic E-state index is 8.66. The van der Waals surface area contributed by atoms with Crippen molar-refractivity contribution < 1.29 is 33.2 Å². The first-order valence-corrected chi connectivity index (χ1v) is 16.3. The molecule has 0 heterocycles. The second-order valence-corrected chi connectivity index (χ2v) is 12.1. The van der Waals surface area contributed by atoms with E-state index in [1.165, 1.54) is 44.9 Å². The van der Waals surface area contributed by atoms with Gasteiger partial charge in [-0.15, -0.1) is 45.3 Å². The van der Waals surface area contributed by atoms with Crippen LogP contribution in [0.4, 0.5) is 0 Å². The van der Waals surface area contributed by atoms with Crippen molar-refractivity contribution in [3.63, 3.8) is 0 Å². The summed E-state index contributed by atoms with van der Waals surface area (Å²) >= 11 is 1.36. The summed E-state index contributed by atoms with van der Waals surface area (Å²) in [5, 5.41) is 12.4. The molecule has 0 aliphatic rings. The van der Waals surface area contributed by atoms with Gasteiger partial charge < -0.3 is 23.1 Å². The van der Waals surface area contributed by atoms with Gasteiger partial charge in [-0.2, -0.15) is 0 Å². The molecule has 0 unspecified atom stereocenters. The minimum absolute atomic E-state index is 0. The molecule has 3 aromatic rings. The number of aliphatic hydroxyl groups is 1. The molecule has 3 nitrogen and oxygen atoms in total. The fourth-order valence-corrected chi connectivity index (χ4v) is 1.90. The normalized spacial score (nSPS) is 9.75. The second-order valence-electron chi connectivity index (χ2n) is 7.74. The van der Waals surface area contributed by atoms with Gasteiger partial charge in [0.25, 0.3) is 0 Å². The number of fused-ring (bicyclic) bond motifs is 3. The zero-order chi connectivity index (χ0) is 21.7. The number of hydrogen-bond acceptors (Lipinski definition) is 2. The van der Waals surface area contributed by atoms with E-state index in [1.807, 2.05) is 40.4 Å². The van der Waals surface area contributed by atoms with Gasteiger partial charge in [-0.3, -0.25) is 0 Å². The Kier molecular flexibility index (Phi) is 18.8. The third-order valence-electron chi connectivity index (χ3n) is 2.52. The Hall–Kier alpha value is -0.493. The van der Waals surface area contributed by atoms with Gasteiger partial charge in [-0.1, -0.05) is 57.2 Å². The SMILES string of the molecule is CC(C)(C)[NH-].CO.C[Si](C)(C)O.[CH3-].[Si]=[Zr].c1ccc2c(c1)[cH-]c1ccccc12. The van der Waals surface area contributed by atoms with Gasteiger partial charge in [-0.05, 0) is 19.6 Å². The second kappa shape index (κ2) is 16.3. The van der Waals surface area contributed by atoms with Crippen LogP contribution in [0.1, 0.15) is 20.8 Å². The molecule has 0 spiro atoms. The molecule has 3 aromatic carbocycles. The maximum atomic E-state index is 8.66. The standard InChI is InChI=1S/C13H9.C4H10N.C3H10OSi.CH4O.CH3.Si.Zr/c1-3-7-12-10(5-1)9-11-6-2-4-8-13(11)12;1-4(2,3)5;1-5(2,3)4;1-2;;;/h1-9H;5H,1-3H3;4H,1-3H3;2H,1H3;1H3;;/q2*-1;;;-1;;. The van der Waals surface area contributed by atoms with Gasteiger partial charge >= 0.3 is 30.2 Å². The first-order chi connectivity index (χ1) is 12.4. The van der Waals surface area contributed by atoms with Crippen molar-refractivity contribution in [1.82, 2.24) is 0 Å². The predicted molar refractivity (Wildman–Crippen MR) is 127 cm³/mol. The summed E-state index contributed by atoms with van der Waals surface area (Å²) < 4.78 is 0.